The highest BCUT2D eigenvalue weighted by molar-refractivity contribution is 5.86. The van der Waals surface area contributed by atoms with Gasteiger partial charge in [-0.25, -0.2) is 0 Å². The minimum Gasteiger partial charge on any atom is -0.481 e. The molecule has 1 N–H and O–H groups in total. The van der Waals surface area contributed by atoms with Crippen LogP contribution < -0.4 is 0 Å². The molecule has 1 rings (SSSR count). The molecule has 1 saturated carbocycles. The Kier molecular flexibility index (Phi) is 6.12. The smallest absolute Gasteiger partial charge is 0.307 e. The van der Waals surface area contributed by atoms with Gasteiger partial charge in [0.05, 0.1) is 18.4 Å². The zero-order chi connectivity index (χ0) is 13.5. The summed E-state index contributed by atoms with van der Waals surface area (Å²) in [5.41, 5.74) is 0. The molecular formula is C13H23NO4. The first-order chi connectivity index (χ1) is 8.61. The van der Waals surface area contributed by atoms with Gasteiger partial charge in [-0.2, -0.15) is 0 Å². The Labute approximate surface area is 108 Å². The molecule has 2 atom stereocenters. The Bertz CT molecular complexity index is 285. The molecule has 0 aliphatic heterocycles. The van der Waals surface area contributed by atoms with Crippen molar-refractivity contribution in [3.05, 3.63) is 0 Å². The number of hydrogen-bond donors (Lipinski definition) is 1. The van der Waals surface area contributed by atoms with E-state index in [1.165, 1.54) is 0 Å². The summed E-state index contributed by atoms with van der Waals surface area (Å²) in [4.78, 5) is 25.0. The van der Waals surface area contributed by atoms with Gasteiger partial charge in [-0.15, -0.1) is 0 Å². The number of carbonyl (C=O) groups excluding carboxylic acids is 1. The number of carboxylic acid groups (broad SMARTS) is 1. The van der Waals surface area contributed by atoms with Crippen LogP contribution in [-0.4, -0.2) is 48.7 Å². The number of nitrogens with zero attached hydrogens (tertiary/aromatic N) is 1. The summed E-state index contributed by atoms with van der Waals surface area (Å²) in [6.07, 6.45) is 3.28. The van der Waals surface area contributed by atoms with Gasteiger partial charge < -0.3 is 14.7 Å². The number of carboxylic acids is 1. The van der Waals surface area contributed by atoms with Crippen LogP contribution in [0.3, 0.4) is 0 Å². The maximum absolute atomic E-state index is 12.3. The highest BCUT2D eigenvalue weighted by Crippen LogP contribution is 2.35. The Morgan fingerprint density at radius 2 is 1.94 bits per heavy atom. The lowest BCUT2D eigenvalue weighted by Crippen LogP contribution is -2.47. The Morgan fingerprint density at radius 1 is 1.28 bits per heavy atom. The number of unbranched alkanes of at least 4 members (excludes halogenated alkanes) is 1. The number of aliphatic carboxylic acids is 1. The molecule has 5 heteroatoms. The van der Waals surface area contributed by atoms with E-state index in [4.69, 9.17) is 9.84 Å². The number of hydrogen-bond acceptors (Lipinski definition) is 3. The minimum absolute atomic E-state index is 0.0147. The highest BCUT2D eigenvalue weighted by Gasteiger charge is 2.42. The Hall–Kier alpha value is -1.10. The molecule has 104 valence electrons. The zero-order valence-corrected chi connectivity index (χ0v) is 11.2. The standard InChI is InChI=1S/C13H23NO4/c1-3-4-7-14(8-9-18-2)12(15)10-5-6-11(10)13(16)17/h10-11H,3-9H2,1-2H3,(H,16,17). The van der Waals surface area contributed by atoms with Gasteiger partial charge in [0.2, 0.25) is 5.91 Å². The summed E-state index contributed by atoms with van der Waals surface area (Å²) in [5.74, 6) is -1.67. The van der Waals surface area contributed by atoms with Crippen LogP contribution in [0.15, 0.2) is 0 Å². The van der Waals surface area contributed by atoms with Crippen LogP contribution in [0.5, 0.6) is 0 Å². The lowest BCUT2D eigenvalue weighted by molar-refractivity contribution is -0.156. The molecular weight excluding hydrogens is 234 g/mol. The van der Waals surface area contributed by atoms with E-state index < -0.39 is 11.9 Å². The minimum atomic E-state index is -0.846. The van der Waals surface area contributed by atoms with Gasteiger partial charge in [0, 0.05) is 20.2 Å². The van der Waals surface area contributed by atoms with Gasteiger partial charge >= 0.3 is 5.97 Å². The van der Waals surface area contributed by atoms with E-state index in [9.17, 15) is 9.59 Å². The molecule has 1 aliphatic rings. The van der Waals surface area contributed by atoms with Crippen molar-refractivity contribution in [2.24, 2.45) is 11.8 Å². The SMILES string of the molecule is CCCCN(CCOC)C(=O)C1CCC1C(=O)O. The van der Waals surface area contributed by atoms with Crippen molar-refractivity contribution in [2.75, 3.05) is 26.8 Å². The van der Waals surface area contributed by atoms with Crippen molar-refractivity contribution in [3.8, 4) is 0 Å². The molecule has 18 heavy (non-hydrogen) atoms. The van der Waals surface area contributed by atoms with Gasteiger partial charge in [0.15, 0.2) is 0 Å². The van der Waals surface area contributed by atoms with Crippen LogP contribution in [0.1, 0.15) is 32.6 Å². The van der Waals surface area contributed by atoms with Gasteiger partial charge in [-0.3, -0.25) is 9.59 Å². The van der Waals surface area contributed by atoms with Crippen LogP contribution in [0, 0.1) is 11.8 Å². The molecule has 1 fully saturated rings. The number of rotatable bonds is 8. The average molecular weight is 257 g/mol. The second-order valence-electron chi connectivity index (χ2n) is 4.80. The number of carbonyl (C=O) groups is 2. The summed E-state index contributed by atoms with van der Waals surface area (Å²) in [6.45, 7) is 3.82. The fraction of sp³-hybridized carbons (Fsp3) is 0.846. The summed E-state index contributed by atoms with van der Waals surface area (Å²) in [7, 11) is 1.60. The topological polar surface area (TPSA) is 66.8 Å². The van der Waals surface area contributed by atoms with Crippen molar-refractivity contribution in [3.63, 3.8) is 0 Å². The second-order valence-corrected chi connectivity index (χ2v) is 4.80. The summed E-state index contributed by atoms with van der Waals surface area (Å²) >= 11 is 0. The number of methoxy groups -OCH3 is 1. The largest absolute Gasteiger partial charge is 0.481 e. The fourth-order valence-electron chi connectivity index (χ4n) is 2.21. The molecule has 0 bridgehead atoms. The zero-order valence-electron chi connectivity index (χ0n) is 11.2. The van der Waals surface area contributed by atoms with E-state index in [0.717, 1.165) is 12.8 Å². The van der Waals surface area contributed by atoms with Gasteiger partial charge in [0.1, 0.15) is 0 Å². The summed E-state index contributed by atoms with van der Waals surface area (Å²) < 4.78 is 5.00. The van der Waals surface area contributed by atoms with Gasteiger partial charge in [-0.1, -0.05) is 13.3 Å². The first-order valence-electron chi connectivity index (χ1n) is 6.62. The monoisotopic (exact) mass is 257 g/mol. The van der Waals surface area contributed by atoms with Crippen LogP contribution in [0.2, 0.25) is 0 Å². The first-order valence-corrected chi connectivity index (χ1v) is 6.62. The van der Waals surface area contributed by atoms with Crippen LogP contribution >= 0.6 is 0 Å². The van der Waals surface area contributed by atoms with Gasteiger partial charge in [0.25, 0.3) is 0 Å². The maximum atomic E-state index is 12.3. The lowest BCUT2D eigenvalue weighted by atomic mass is 9.73. The van der Waals surface area contributed by atoms with E-state index in [1.807, 2.05) is 0 Å². The molecule has 0 spiro atoms. The molecule has 0 aromatic heterocycles. The number of ether oxygens (including phenoxy) is 1. The Balaban J connectivity index is 2.54. The van der Waals surface area contributed by atoms with E-state index in [1.54, 1.807) is 12.0 Å². The van der Waals surface area contributed by atoms with Gasteiger partial charge in [-0.05, 0) is 19.3 Å². The number of amides is 1. The van der Waals surface area contributed by atoms with Crippen molar-refractivity contribution in [2.45, 2.75) is 32.6 Å². The fourth-order valence-corrected chi connectivity index (χ4v) is 2.21. The van der Waals surface area contributed by atoms with Crippen LogP contribution in [0.25, 0.3) is 0 Å². The highest BCUT2D eigenvalue weighted by atomic mass is 16.5. The maximum Gasteiger partial charge on any atom is 0.307 e. The van der Waals surface area contributed by atoms with Crippen LogP contribution in [-0.2, 0) is 14.3 Å². The third-order valence-corrected chi connectivity index (χ3v) is 3.57. The predicted molar refractivity (Wildman–Crippen MR) is 67.2 cm³/mol. The van der Waals surface area contributed by atoms with Crippen molar-refractivity contribution in [1.29, 1.82) is 0 Å². The van der Waals surface area contributed by atoms with E-state index in [-0.39, 0.29) is 11.8 Å². The van der Waals surface area contributed by atoms with Crippen molar-refractivity contribution >= 4 is 11.9 Å². The first kappa shape index (κ1) is 15.0. The van der Waals surface area contributed by atoms with Crippen molar-refractivity contribution < 1.29 is 19.4 Å². The third kappa shape index (κ3) is 3.70. The average Bonchev–Trinajstić information content (AvgIpc) is 2.26. The molecule has 0 radical (unpaired) electrons. The van der Waals surface area contributed by atoms with Crippen molar-refractivity contribution in [1.82, 2.24) is 4.90 Å². The van der Waals surface area contributed by atoms with Crippen LogP contribution in [0.4, 0.5) is 0 Å². The normalized spacial score (nSPS) is 22.3. The third-order valence-electron chi connectivity index (χ3n) is 3.57. The lowest BCUT2D eigenvalue weighted by Gasteiger charge is -2.36. The van der Waals surface area contributed by atoms with E-state index in [0.29, 0.717) is 32.5 Å². The predicted octanol–water partition coefficient (Wildman–Crippen LogP) is 1.37. The Morgan fingerprint density at radius 3 is 2.39 bits per heavy atom. The summed E-state index contributed by atoms with van der Waals surface area (Å²) in [5, 5.41) is 8.99. The molecule has 1 amide bonds. The second kappa shape index (κ2) is 7.36. The van der Waals surface area contributed by atoms with E-state index >= 15 is 0 Å². The molecule has 1 aliphatic carbocycles. The molecule has 0 saturated heterocycles. The quantitative estimate of drug-likeness (QED) is 0.713. The molecule has 0 heterocycles. The molecule has 5 nitrogen and oxygen atoms in total. The molecule has 0 aromatic carbocycles. The summed E-state index contributed by atoms with van der Waals surface area (Å²) in [6, 6.07) is 0. The molecule has 2 unspecified atom stereocenters. The molecule has 0 aromatic rings. The van der Waals surface area contributed by atoms with E-state index in [2.05, 4.69) is 6.92 Å².